The van der Waals surface area contributed by atoms with Crippen LogP contribution in [-0.2, 0) is 21.4 Å². The van der Waals surface area contributed by atoms with Crippen molar-refractivity contribution < 1.29 is 17.6 Å². The molecule has 6 nitrogen and oxygen atoms in total. The minimum atomic E-state index is -3.75. The summed E-state index contributed by atoms with van der Waals surface area (Å²) in [7, 11) is -3.75. The molecule has 0 atom stereocenters. The largest absolute Gasteiger partial charge is 0.341 e. The predicted molar refractivity (Wildman–Crippen MR) is 114 cm³/mol. The maximum absolute atomic E-state index is 13.0. The minimum Gasteiger partial charge on any atom is -0.341 e. The van der Waals surface area contributed by atoms with Gasteiger partial charge in [0.05, 0.1) is 4.90 Å². The van der Waals surface area contributed by atoms with Crippen molar-refractivity contribution in [3.8, 4) is 0 Å². The van der Waals surface area contributed by atoms with Gasteiger partial charge in [-0.15, -0.1) is 0 Å². The van der Waals surface area contributed by atoms with Gasteiger partial charge in [-0.2, -0.15) is 0 Å². The van der Waals surface area contributed by atoms with E-state index in [0.29, 0.717) is 13.1 Å². The molecule has 0 spiro atoms. The van der Waals surface area contributed by atoms with Gasteiger partial charge in [0.25, 0.3) is 0 Å². The van der Waals surface area contributed by atoms with Crippen LogP contribution in [0.15, 0.2) is 53.4 Å². The summed E-state index contributed by atoms with van der Waals surface area (Å²) < 4.78 is 39.9. The molecule has 2 aromatic rings. The van der Waals surface area contributed by atoms with E-state index in [1.165, 1.54) is 23.3 Å². The molecule has 162 valence electrons. The van der Waals surface area contributed by atoms with Gasteiger partial charge in [-0.05, 0) is 48.7 Å². The molecule has 0 unspecified atom stereocenters. The van der Waals surface area contributed by atoms with Crippen LogP contribution in [0.2, 0.25) is 0 Å². The van der Waals surface area contributed by atoms with Crippen molar-refractivity contribution in [1.29, 1.82) is 0 Å². The number of sulfonamides is 1. The molecule has 0 radical (unpaired) electrons. The van der Waals surface area contributed by atoms with Crippen LogP contribution in [0.25, 0.3) is 0 Å². The Kier molecular flexibility index (Phi) is 7.58. The van der Waals surface area contributed by atoms with E-state index in [2.05, 4.69) is 28.7 Å². The fourth-order valence-corrected chi connectivity index (χ4v) is 4.59. The average Bonchev–Trinajstić information content (AvgIpc) is 2.95. The summed E-state index contributed by atoms with van der Waals surface area (Å²) in [6.07, 6.45) is 0.983. The summed E-state index contributed by atoms with van der Waals surface area (Å²) in [6, 6.07) is 12.9. The number of carbonyl (C=O) groups excluding carboxylic acids is 1. The predicted octanol–water partition coefficient (Wildman–Crippen LogP) is 2.54. The molecule has 30 heavy (non-hydrogen) atoms. The van der Waals surface area contributed by atoms with Crippen molar-refractivity contribution in [3.05, 3.63) is 65.5 Å². The number of halogens is 1. The van der Waals surface area contributed by atoms with E-state index in [4.69, 9.17) is 0 Å². The molecule has 1 fully saturated rings. The summed E-state index contributed by atoms with van der Waals surface area (Å²) >= 11 is 0. The van der Waals surface area contributed by atoms with Gasteiger partial charge in [0.1, 0.15) is 5.82 Å². The lowest BCUT2D eigenvalue weighted by molar-refractivity contribution is -0.130. The third kappa shape index (κ3) is 6.10. The Morgan fingerprint density at radius 2 is 1.77 bits per heavy atom. The maximum Gasteiger partial charge on any atom is 0.240 e. The number of nitrogens with zero attached hydrogens (tertiary/aromatic N) is 2. The van der Waals surface area contributed by atoms with E-state index in [1.54, 1.807) is 0 Å². The highest BCUT2D eigenvalue weighted by Gasteiger charge is 2.20. The van der Waals surface area contributed by atoms with Crippen LogP contribution >= 0.6 is 0 Å². The third-order valence-electron chi connectivity index (χ3n) is 5.35. The third-order valence-corrected chi connectivity index (χ3v) is 6.83. The number of benzene rings is 2. The molecular formula is C22H28FN3O3S. The molecule has 8 heteroatoms. The van der Waals surface area contributed by atoms with E-state index < -0.39 is 15.8 Å². The minimum absolute atomic E-state index is 0.0158. The molecule has 1 N–H and O–H groups in total. The standard InChI is InChI=1S/C22H28FN3O3S/c1-18-5-2-3-6-19(18)17-25-13-4-14-26(16-15-25)22(27)11-12-24-30(28,29)21-9-7-20(23)8-10-21/h2-3,5-10,24H,4,11-17H2,1H3. The van der Waals surface area contributed by atoms with Gasteiger partial charge in [0.15, 0.2) is 0 Å². The van der Waals surface area contributed by atoms with Gasteiger partial charge in [-0.1, -0.05) is 24.3 Å². The van der Waals surface area contributed by atoms with Gasteiger partial charge < -0.3 is 4.90 Å². The summed E-state index contributed by atoms with van der Waals surface area (Å²) in [4.78, 5) is 16.7. The van der Waals surface area contributed by atoms with Crippen LogP contribution in [0.3, 0.4) is 0 Å². The van der Waals surface area contributed by atoms with Gasteiger partial charge in [0, 0.05) is 45.7 Å². The van der Waals surface area contributed by atoms with Crippen LogP contribution in [0.1, 0.15) is 24.0 Å². The van der Waals surface area contributed by atoms with Crippen LogP contribution in [0, 0.1) is 12.7 Å². The smallest absolute Gasteiger partial charge is 0.240 e. The number of hydrogen-bond acceptors (Lipinski definition) is 4. The Morgan fingerprint density at radius 3 is 2.50 bits per heavy atom. The molecule has 0 aromatic heterocycles. The van der Waals surface area contributed by atoms with Gasteiger partial charge in [-0.25, -0.2) is 17.5 Å². The van der Waals surface area contributed by atoms with Gasteiger partial charge in [0.2, 0.25) is 15.9 Å². The van der Waals surface area contributed by atoms with Crippen LogP contribution in [0.5, 0.6) is 0 Å². The Hall–Kier alpha value is -2.29. The number of nitrogens with one attached hydrogen (secondary N) is 1. The molecule has 1 aliphatic rings. The van der Waals surface area contributed by atoms with Crippen molar-refractivity contribution in [2.45, 2.75) is 31.2 Å². The molecule has 2 aromatic carbocycles. The molecule has 0 aliphatic carbocycles. The average molecular weight is 434 g/mol. The quantitative estimate of drug-likeness (QED) is 0.729. The molecule has 3 rings (SSSR count). The number of aryl methyl sites for hydroxylation is 1. The van der Waals surface area contributed by atoms with Crippen molar-refractivity contribution in [2.75, 3.05) is 32.7 Å². The summed E-state index contributed by atoms with van der Waals surface area (Å²) in [5, 5.41) is 0. The highest BCUT2D eigenvalue weighted by molar-refractivity contribution is 7.89. The van der Waals surface area contributed by atoms with Gasteiger partial charge >= 0.3 is 0 Å². The zero-order chi connectivity index (χ0) is 21.6. The van der Waals surface area contributed by atoms with E-state index >= 15 is 0 Å². The van der Waals surface area contributed by atoms with Gasteiger partial charge in [-0.3, -0.25) is 9.69 Å². The van der Waals surface area contributed by atoms with Crippen LogP contribution in [0.4, 0.5) is 4.39 Å². The molecule has 1 heterocycles. The first-order chi connectivity index (χ1) is 14.3. The van der Waals surface area contributed by atoms with Crippen LogP contribution in [-0.4, -0.2) is 56.8 Å². The number of rotatable bonds is 7. The highest BCUT2D eigenvalue weighted by Crippen LogP contribution is 2.13. The van der Waals surface area contributed by atoms with Crippen molar-refractivity contribution in [1.82, 2.24) is 14.5 Å². The highest BCUT2D eigenvalue weighted by atomic mass is 32.2. The van der Waals surface area contributed by atoms with E-state index in [-0.39, 0.29) is 23.8 Å². The molecule has 1 amide bonds. The number of amides is 1. The summed E-state index contributed by atoms with van der Waals surface area (Å²) in [5.41, 5.74) is 2.57. The zero-order valence-electron chi connectivity index (χ0n) is 17.2. The first kappa shape index (κ1) is 22.4. The Bertz CT molecular complexity index is 964. The monoisotopic (exact) mass is 433 g/mol. The number of carbonyl (C=O) groups is 1. The van der Waals surface area contributed by atoms with E-state index in [9.17, 15) is 17.6 Å². The first-order valence-corrected chi connectivity index (χ1v) is 11.6. The molecule has 0 bridgehead atoms. The second-order valence-corrected chi connectivity index (χ2v) is 9.31. The molecule has 0 saturated carbocycles. The lowest BCUT2D eigenvalue weighted by Gasteiger charge is -2.22. The molecule has 1 saturated heterocycles. The Labute approximate surface area is 177 Å². The molecular weight excluding hydrogens is 405 g/mol. The van der Waals surface area contributed by atoms with E-state index in [1.807, 2.05) is 17.0 Å². The van der Waals surface area contributed by atoms with Crippen LogP contribution < -0.4 is 4.72 Å². The maximum atomic E-state index is 13.0. The first-order valence-electron chi connectivity index (χ1n) is 10.1. The fraction of sp³-hybridized carbons (Fsp3) is 0.409. The van der Waals surface area contributed by atoms with Crippen molar-refractivity contribution in [3.63, 3.8) is 0 Å². The topological polar surface area (TPSA) is 69.7 Å². The fourth-order valence-electron chi connectivity index (χ4n) is 3.55. The summed E-state index contributed by atoms with van der Waals surface area (Å²) in [6.45, 7) is 6.02. The zero-order valence-corrected chi connectivity index (χ0v) is 18.0. The Balaban J connectivity index is 1.47. The SMILES string of the molecule is Cc1ccccc1CN1CCCN(C(=O)CCNS(=O)(=O)c2ccc(F)cc2)CC1. The molecule has 1 aliphatic heterocycles. The lowest BCUT2D eigenvalue weighted by Crippen LogP contribution is -2.37. The van der Waals surface area contributed by atoms with Crippen molar-refractivity contribution >= 4 is 15.9 Å². The summed E-state index contributed by atoms with van der Waals surface area (Å²) in [5.74, 6) is -0.559. The normalized spacial score (nSPS) is 15.7. The van der Waals surface area contributed by atoms with E-state index in [0.717, 1.165) is 38.2 Å². The second-order valence-electron chi connectivity index (χ2n) is 7.54. The Morgan fingerprint density at radius 1 is 1.03 bits per heavy atom. The second kappa shape index (κ2) is 10.1. The van der Waals surface area contributed by atoms with Crippen molar-refractivity contribution in [2.24, 2.45) is 0 Å². The number of hydrogen-bond donors (Lipinski definition) is 1. The lowest BCUT2D eigenvalue weighted by atomic mass is 10.1.